The maximum Gasteiger partial charge on any atom is 0.0925 e. The molecule has 94 valence electrons. The fraction of sp³-hybridized carbons (Fsp3) is 0.235. The van der Waals surface area contributed by atoms with Crippen molar-refractivity contribution < 1.29 is 0 Å². The summed E-state index contributed by atoms with van der Waals surface area (Å²) in [4.78, 5) is 7.82. The van der Waals surface area contributed by atoms with Crippen LogP contribution in [0.3, 0.4) is 0 Å². The van der Waals surface area contributed by atoms with E-state index in [2.05, 4.69) is 52.4 Å². The molecule has 0 fully saturated rings. The zero-order valence-corrected chi connectivity index (χ0v) is 10.8. The molecule has 4 rings (SSSR count). The lowest BCUT2D eigenvalue weighted by Crippen LogP contribution is -2.10. The van der Waals surface area contributed by atoms with Crippen molar-refractivity contribution in [2.24, 2.45) is 0 Å². The number of fused-ring (bicyclic) bond motifs is 2. The van der Waals surface area contributed by atoms with Gasteiger partial charge < -0.3 is 4.98 Å². The maximum absolute atomic E-state index is 4.54. The Morgan fingerprint density at radius 2 is 1.95 bits per heavy atom. The number of hydrogen-bond donors (Lipinski definition) is 1. The van der Waals surface area contributed by atoms with Gasteiger partial charge in [0.15, 0.2) is 0 Å². The van der Waals surface area contributed by atoms with Crippen molar-refractivity contribution in [2.45, 2.75) is 25.2 Å². The fourth-order valence-corrected chi connectivity index (χ4v) is 3.20. The normalized spacial score (nSPS) is 18.4. The van der Waals surface area contributed by atoms with E-state index in [1.807, 2.05) is 6.33 Å². The van der Waals surface area contributed by atoms with Crippen molar-refractivity contribution >= 4 is 10.8 Å². The topological polar surface area (TPSA) is 28.7 Å². The van der Waals surface area contributed by atoms with Crippen LogP contribution in [0.25, 0.3) is 10.8 Å². The summed E-state index contributed by atoms with van der Waals surface area (Å²) < 4.78 is 0. The molecule has 1 heterocycles. The molecule has 19 heavy (non-hydrogen) atoms. The van der Waals surface area contributed by atoms with Crippen molar-refractivity contribution in [3.8, 4) is 0 Å². The summed E-state index contributed by atoms with van der Waals surface area (Å²) in [6.07, 6.45) is 5.42. The molecule has 2 nitrogen and oxygen atoms in total. The lowest BCUT2D eigenvalue weighted by Gasteiger charge is -2.22. The summed E-state index contributed by atoms with van der Waals surface area (Å²) in [6, 6.07) is 15.4. The molecule has 0 radical (unpaired) electrons. The molecule has 0 spiro atoms. The Morgan fingerprint density at radius 3 is 2.89 bits per heavy atom. The van der Waals surface area contributed by atoms with E-state index in [0.717, 1.165) is 6.42 Å². The van der Waals surface area contributed by atoms with E-state index in [0.29, 0.717) is 5.92 Å². The average molecular weight is 248 g/mol. The average Bonchev–Trinajstić information content (AvgIpc) is 2.95. The summed E-state index contributed by atoms with van der Waals surface area (Å²) in [5.41, 5.74) is 3.97. The minimum absolute atomic E-state index is 0.458. The highest BCUT2D eigenvalue weighted by Gasteiger charge is 2.24. The Bertz CT molecular complexity index is 727. The molecule has 2 heteroatoms. The van der Waals surface area contributed by atoms with Gasteiger partial charge in [0.25, 0.3) is 0 Å². The standard InChI is InChI=1S/C17H16N2/c1-2-5-13-10-14(9-8-12(13)4-1)15-6-3-7-16-17(15)19-11-18-16/h1-2,4-5,8-11,15H,3,6-7H2,(H,18,19). The molecule has 0 amide bonds. The Balaban J connectivity index is 1.83. The third-order valence-corrected chi connectivity index (χ3v) is 4.18. The molecule has 1 aromatic heterocycles. The molecular weight excluding hydrogens is 232 g/mol. The van der Waals surface area contributed by atoms with E-state index in [1.165, 1.54) is 40.6 Å². The van der Waals surface area contributed by atoms with Crippen molar-refractivity contribution in [2.75, 3.05) is 0 Å². The molecule has 0 saturated carbocycles. The van der Waals surface area contributed by atoms with E-state index < -0.39 is 0 Å². The van der Waals surface area contributed by atoms with Gasteiger partial charge in [0.2, 0.25) is 0 Å². The summed E-state index contributed by atoms with van der Waals surface area (Å²) in [5.74, 6) is 0.458. The van der Waals surface area contributed by atoms with Crippen LogP contribution in [-0.2, 0) is 6.42 Å². The van der Waals surface area contributed by atoms with Crippen LogP contribution in [0.5, 0.6) is 0 Å². The first-order valence-corrected chi connectivity index (χ1v) is 6.93. The SMILES string of the molecule is c1ccc2cc(C3CCCc4[nH]cnc43)ccc2c1. The van der Waals surface area contributed by atoms with Crippen molar-refractivity contribution in [1.82, 2.24) is 9.97 Å². The van der Waals surface area contributed by atoms with Crippen LogP contribution in [0.15, 0.2) is 48.8 Å². The van der Waals surface area contributed by atoms with Gasteiger partial charge in [-0.25, -0.2) is 4.98 Å². The number of hydrogen-bond acceptors (Lipinski definition) is 1. The summed E-state index contributed by atoms with van der Waals surface area (Å²) in [7, 11) is 0. The molecule has 1 unspecified atom stereocenters. The summed E-state index contributed by atoms with van der Waals surface area (Å²) in [5, 5.41) is 2.63. The minimum Gasteiger partial charge on any atom is -0.348 e. The van der Waals surface area contributed by atoms with Crippen LogP contribution in [-0.4, -0.2) is 9.97 Å². The van der Waals surface area contributed by atoms with Crippen LogP contribution in [0.1, 0.15) is 35.7 Å². The number of H-pyrrole nitrogens is 1. The summed E-state index contributed by atoms with van der Waals surface area (Å²) in [6.45, 7) is 0. The van der Waals surface area contributed by atoms with Gasteiger partial charge in [-0.05, 0) is 35.6 Å². The largest absolute Gasteiger partial charge is 0.348 e. The van der Waals surface area contributed by atoms with Crippen LogP contribution in [0.4, 0.5) is 0 Å². The number of aromatic amines is 1. The van der Waals surface area contributed by atoms with Crippen LogP contribution in [0, 0.1) is 0 Å². The third-order valence-electron chi connectivity index (χ3n) is 4.18. The highest BCUT2D eigenvalue weighted by molar-refractivity contribution is 5.83. The Kier molecular flexibility index (Phi) is 2.41. The van der Waals surface area contributed by atoms with Gasteiger partial charge in [0.1, 0.15) is 0 Å². The van der Waals surface area contributed by atoms with Crippen LogP contribution >= 0.6 is 0 Å². The zero-order chi connectivity index (χ0) is 12.7. The van der Waals surface area contributed by atoms with Crippen molar-refractivity contribution in [3.63, 3.8) is 0 Å². The first kappa shape index (κ1) is 10.8. The summed E-state index contributed by atoms with van der Waals surface area (Å²) >= 11 is 0. The second-order valence-electron chi connectivity index (χ2n) is 5.32. The Hall–Kier alpha value is -2.09. The van der Waals surface area contributed by atoms with Crippen LogP contribution in [0.2, 0.25) is 0 Å². The van der Waals surface area contributed by atoms with Crippen molar-refractivity contribution in [1.29, 1.82) is 0 Å². The zero-order valence-electron chi connectivity index (χ0n) is 10.8. The number of nitrogens with one attached hydrogen (secondary N) is 1. The molecule has 1 aliphatic carbocycles. The van der Waals surface area contributed by atoms with Gasteiger partial charge in [0.05, 0.1) is 12.0 Å². The fourth-order valence-electron chi connectivity index (χ4n) is 3.20. The number of rotatable bonds is 1. The van der Waals surface area contributed by atoms with E-state index >= 15 is 0 Å². The molecule has 2 aromatic carbocycles. The van der Waals surface area contributed by atoms with Gasteiger partial charge in [0, 0.05) is 11.6 Å². The maximum atomic E-state index is 4.54. The minimum atomic E-state index is 0.458. The predicted molar refractivity (Wildman–Crippen MR) is 77.3 cm³/mol. The molecule has 0 aliphatic heterocycles. The quantitative estimate of drug-likeness (QED) is 0.692. The highest BCUT2D eigenvalue weighted by atomic mass is 14.9. The van der Waals surface area contributed by atoms with E-state index in [4.69, 9.17) is 0 Å². The number of imidazole rings is 1. The van der Waals surface area contributed by atoms with E-state index in [1.54, 1.807) is 0 Å². The molecular formula is C17H16N2. The second kappa shape index (κ2) is 4.23. The Morgan fingerprint density at radius 1 is 1.05 bits per heavy atom. The van der Waals surface area contributed by atoms with E-state index in [9.17, 15) is 0 Å². The van der Waals surface area contributed by atoms with Gasteiger partial charge in [-0.1, -0.05) is 42.5 Å². The monoisotopic (exact) mass is 248 g/mol. The second-order valence-corrected chi connectivity index (χ2v) is 5.32. The molecule has 0 saturated heterocycles. The predicted octanol–water partition coefficient (Wildman–Crippen LogP) is 4.03. The number of nitrogens with zero attached hydrogens (tertiary/aromatic N) is 1. The van der Waals surface area contributed by atoms with Crippen LogP contribution < -0.4 is 0 Å². The molecule has 1 aliphatic rings. The highest BCUT2D eigenvalue weighted by Crippen LogP contribution is 2.35. The lowest BCUT2D eigenvalue weighted by molar-refractivity contribution is 0.600. The number of aryl methyl sites for hydroxylation is 1. The van der Waals surface area contributed by atoms with Gasteiger partial charge >= 0.3 is 0 Å². The lowest BCUT2D eigenvalue weighted by atomic mass is 9.84. The molecule has 1 N–H and O–H groups in total. The Labute approximate surface area is 112 Å². The first-order chi connectivity index (χ1) is 9.42. The van der Waals surface area contributed by atoms with E-state index in [-0.39, 0.29) is 0 Å². The molecule has 0 bridgehead atoms. The smallest absolute Gasteiger partial charge is 0.0925 e. The molecule has 1 atom stereocenters. The van der Waals surface area contributed by atoms with Crippen molar-refractivity contribution in [3.05, 3.63) is 65.7 Å². The molecule has 3 aromatic rings. The number of benzene rings is 2. The van der Waals surface area contributed by atoms with Gasteiger partial charge in [-0.15, -0.1) is 0 Å². The third kappa shape index (κ3) is 1.75. The first-order valence-electron chi connectivity index (χ1n) is 6.93. The van der Waals surface area contributed by atoms with Gasteiger partial charge in [-0.3, -0.25) is 0 Å². The van der Waals surface area contributed by atoms with Gasteiger partial charge in [-0.2, -0.15) is 0 Å². The number of aromatic nitrogens is 2.